The largest absolute Gasteiger partial charge is 0.472 e. The van der Waals surface area contributed by atoms with Crippen molar-refractivity contribution in [3.63, 3.8) is 0 Å². The molecule has 2 atom stereocenters. The van der Waals surface area contributed by atoms with Gasteiger partial charge < -0.3 is 18.9 Å². The Morgan fingerprint density at radius 2 is 0.633 bits per heavy atom. The van der Waals surface area contributed by atoms with Gasteiger partial charge in [-0.1, -0.05) is 343 Å². The van der Waals surface area contributed by atoms with E-state index in [1.165, 1.54) is 257 Å². The van der Waals surface area contributed by atoms with E-state index < -0.39 is 26.5 Å². The molecule has 0 radical (unpaired) electrons. The zero-order valence-electron chi connectivity index (χ0n) is 59.9. The fourth-order valence-electron chi connectivity index (χ4n) is 11.1. The highest BCUT2D eigenvalue weighted by Crippen LogP contribution is 2.43. The summed E-state index contributed by atoms with van der Waals surface area (Å²) in [7, 11) is 1.49. The number of allylic oxidation sites excluding steroid dienone is 14. The van der Waals surface area contributed by atoms with Crippen LogP contribution in [0.2, 0.25) is 0 Å². The van der Waals surface area contributed by atoms with E-state index in [1.807, 2.05) is 21.1 Å². The highest BCUT2D eigenvalue weighted by atomic mass is 31.2. The topological polar surface area (TPSA) is 108 Å². The molecule has 0 aliphatic carbocycles. The third-order valence-electron chi connectivity index (χ3n) is 16.9. The molecule has 1 N–H and O–H groups in total. The first-order valence-corrected chi connectivity index (χ1v) is 39.8. The van der Waals surface area contributed by atoms with Crippen LogP contribution in [0.25, 0.3) is 0 Å². The van der Waals surface area contributed by atoms with Crippen LogP contribution in [-0.4, -0.2) is 74.9 Å². The van der Waals surface area contributed by atoms with E-state index in [-0.39, 0.29) is 25.6 Å². The molecule has 0 aromatic rings. The fraction of sp³-hybridized carbons (Fsp3) is 0.800. The van der Waals surface area contributed by atoms with Crippen LogP contribution in [0.15, 0.2) is 85.1 Å². The lowest BCUT2D eigenvalue weighted by molar-refractivity contribution is -0.870. The molecule has 0 rings (SSSR count). The predicted molar refractivity (Wildman–Crippen MR) is 390 cm³/mol. The van der Waals surface area contributed by atoms with Gasteiger partial charge in [-0.15, -0.1) is 0 Å². The minimum atomic E-state index is -4.39. The summed E-state index contributed by atoms with van der Waals surface area (Å²) in [6.07, 6.45) is 97.1. The number of unbranched alkanes of at least 4 members (excludes halogenated alkanes) is 43. The maximum atomic E-state index is 12.9. The number of phosphoric ester groups is 1. The van der Waals surface area contributed by atoms with E-state index in [2.05, 4.69) is 98.9 Å². The lowest BCUT2D eigenvalue weighted by Crippen LogP contribution is -2.37. The Kier molecular flexibility index (Phi) is 68.3. The molecule has 0 aromatic carbocycles. The molecule has 9 nitrogen and oxygen atoms in total. The van der Waals surface area contributed by atoms with Crippen LogP contribution >= 0.6 is 7.82 Å². The van der Waals surface area contributed by atoms with Crippen molar-refractivity contribution in [1.29, 1.82) is 0 Å². The number of quaternary nitrogens is 1. The third kappa shape index (κ3) is 74.2. The van der Waals surface area contributed by atoms with E-state index in [4.69, 9.17) is 18.5 Å². The van der Waals surface area contributed by atoms with Gasteiger partial charge in [0.1, 0.15) is 19.8 Å². The highest BCUT2D eigenvalue weighted by molar-refractivity contribution is 7.47. The molecule has 90 heavy (non-hydrogen) atoms. The first-order chi connectivity index (χ1) is 44.0. The quantitative estimate of drug-likeness (QED) is 0.0211. The summed E-state index contributed by atoms with van der Waals surface area (Å²) in [6.45, 7) is 4.36. The number of carbonyl (C=O) groups excluding carboxylic acids is 2. The molecule has 0 bridgehead atoms. The van der Waals surface area contributed by atoms with Crippen molar-refractivity contribution in [1.82, 2.24) is 0 Å². The second-order valence-corrected chi connectivity index (χ2v) is 28.5. The first-order valence-electron chi connectivity index (χ1n) is 38.3. The number of esters is 2. The van der Waals surface area contributed by atoms with E-state index >= 15 is 0 Å². The lowest BCUT2D eigenvalue weighted by atomic mass is 10.0. The summed E-state index contributed by atoms with van der Waals surface area (Å²) in [4.78, 5) is 36.0. The number of nitrogens with zero attached hydrogens (tertiary/aromatic N) is 1. The van der Waals surface area contributed by atoms with Crippen LogP contribution in [0, 0.1) is 0 Å². The maximum Gasteiger partial charge on any atom is 0.472 e. The van der Waals surface area contributed by atoms with E-state index in [0.29, 0.717) is 23.9 Å². The number of likely N-dealkylation sites (N-methyl/N-ethyl adjacent to an activating group) is 1. The molecule has 0 amide bonds. The van der Waals surface area contributed by atoms with Crippen LogP contribution < -0.4 is 0 Å². The van der Waals surface area contributed by atoms with Crippen LogP contribution in [0.4, 0.5) is 0 Å². The number of hydrogen-bond donors (Lipinski definition) is 1. The van der Waals surface area contributed by atoms with Gasteiger partial charge in [-0.3, -0.25) is 18.6 Å². The second-order valence-electron chi connectivity index (χ2n) is 27.0. The molecule has 10 heteroatoms. The monoisotopic (exact) mass is 1280 g/mol. The average molecular weight is 1280 g/mol. The van der Waals surface area contributed by atoms with Gasteiger partial charge in [-0.2, -0.15) is 0 Å². The van der Waals surface area contributed by atoms with Crippen molar-refractivity contribution in [2.24, 2.45) is 0 Å². The normalized spacial score (nSPS) is 13.5. The predicted octanol–water partition coefficient (Wildman–Crippen LogP) is 25.3. The number of rotatable bonds is 71. The number of carbonyl (C=O) groups is 2. The van der Waals surface area contributed by atoms with E-state index in [1.54, 1.807) is 0 Å². The fourth-order valence-corrected chi connectivity index (χ4v) is 11.8. The molecule has 524 valence electrons. The van der Waals surface area contributed by atoms with E-state index in [0.717, 1.165) is 70.6 Å². The third-order valence-corrected chi connectivity index (χ3v) is 17.9. The van der Waals surface area contributed by atoms with Gasteiger partial charge in [-0.25, -0.2) is 4.57 Å². The average Bonchev–Trinajstić information content (AvgIpc) is 3.58. The Balaban J connectivity index is 3.95. The van der Waals surface area contributed by atoms with Crippen molar-refractivity contribution in [3.8, 4) is 0 Å². The summed E-state index contributed by atoms with van der Waals surface area (Å²) in [6, 6.07) is 0. The zero-order chi connectivity index (χ0) is 65.5. The summed E-state index contributed by atoms with van der Waals surface area (Å²) < 4.78 is 34.8. The molecule has 0 aliphatic rings. The highest BCUT2D eigenvalue weighted by Gasteiger charge is 2.27. The Morgan fingerprint density at radius 1 is 0.356 bits per heavy atom. The minimum absolute atomic E-state index is 0.0323. The van der Waals surface area contributed by atoms with Crippen molar-refractivity contribution in [2.45, 2.75) is 367 Å². The number of phosphoric acid groups is 1. The smallest absolute Gasteiger partial charge is 0.462 e. The van der Waals surface area contributed by atoms with Crippen LogP contribution in [0.1, 0.15) is 361 Å². The van der Waals surface area contributed by atoms with Crippen LogP contribution in [-0.2, 0) is 32.7 Å². The van der Waals surface area contributed by atoms with Crippen molar-refractivity contribution >= 4 is 19.8 Å². The lowest BCUT2D eigenvalue weighted by Gasteiger charge is -2.24. The van der Waals surface area contributed by atoms with Gasteiger partial charge in [0.05, 0.1) is 27.7 Å². The van der Waals surface area contributed by atoms with Crippen LogP contribution in [0.3, 0.4) is 0 Å². The minimum Gasteiger partial charge on any atom is -0.462 e. The van der Waals surface area contributed by atoms with Crippen molar-refractivity contribution in [2.75, 3.05) is 47.5 Å². The van der Waals surface area contributed by atoms with Gasteiger partial charge in [0.2, 0.25) is 0 Å². The number of hydrogen-bond acceptors (Lipinski definition) is 7. The Labute approximate surface area is 558 Å². The number of ether oxygens (including phenoxy) is 2. The molecule has 0 spiro atoms. The molecule has 0 saturated heterocycles. The van der Waals surface area contributed by atoms with Crippen LogP contribution in [0.5, 0.6) is 0 Å². The zero-order valence-corrected chi connectivity index (χ0v) is 60.8. The Bertz CT molecular complexity index is 1800. The summed E-state index contributed by atoms with van der Waals surface area (Å²) in [5.41, 5.74) is 0. The second kappa shape index (κ2) is 70.5. The van der Waals surface area contributed by atoms with Crippen molar-refractivity contribution in [3.05, 3.63) is 85.1 Å². The summed E-state index contributed by atoms with van der Waals surface area (Å²) in [5.74, 6) is -0.780. The van der Waals surface area contributed by atoms with Gasteiger partial charge >= 0.3 is 19.8 Å². The van der Waals surface area contributed by atoms with Gasteiger partial charge in [0.25, 0.3) is 0 Å². The summed E-state index contributed by atoms with van der Waals surface area (Å²) in [5, 5.41) is 0. The first kappa shape index (κ1) is 87.2. The van der Waals surface area contributed by atoms with E-state index in [9.17, 15) is 19.0 Å². The standard InChI is InChI=1S/C80H146NO8P/c1-6-8-10-12-14-16-18-20-22-24-26-28-30-32-34-36-37-38-39-40-41-42-43-45-47-49-51-53-55-57-59-61-63-65-67-69-71-73-80(83)89-78(77-88-90(84,85)87-75-74-81(3,4)5)76-86-79(82)72-70-68-66-64-62-60-58-56-54-52-50-48-46-44-35-33-31-29-27-25-23-21-19-17-15-13-11-9-7-2/h8,10,14,16,19-22,25-28,32,34,78H,6-7,9,11-13,15,17-18,23-24,29-31,33,35-77H2,1-5H3/p+1/b10-8-,16-14-,21-19-,22-20-,27-25-,28-26-,34-32-. The summed E-state index contributed by atoms with van der Waals surface area (Å²) >= 11 is 0. The molecular formula is C80H147NO8P+. The Hall–Kier alpha value is -2.81. The van der Waals surface area contributed by atoms with Gasteiger partial charge in [0, 0.05) is 12.8 Å². The maximum absolute atomic E-state index is 12.9. The molecule has 2 unspecified atom stereocenters. The SMILES string of the molecule is CC/C=C\C/C=C\C/C=C\C/C=C\C/C=C\CCCCCCCCCCCCCCCCCCCCCCCC(=O)OC(COC(=O)CCCCCCCCCCCCCCCCCCC/C=C\C/C=C\CCCCCCC)COP(=O)(O)OCC[N+](C)(C)C. The molecule has 0 aliphatic heterocycles. The van der Waals surface area contributed by atoms with Gasteiger partial charge in [-0.05, 0) is 89.9 Å². The van der Waals surface area contributed by atoms with Crippen molar-refractivity contribution < 1.29 is 42.1 Å². The molecule has 0 fully saturated rings. The Morgan fingerprint density at radius 3 is 0.944 bits per heavy atom. The molecule has 0 heterocycles. The van der Waals surface area contributed by atoms with Gasteiger partial charge in [0.15, 0.2) is 6.10 Å². The molecule has 0 aromatic heterocycles. The molecular weight excluding hydrogens is 1130 g/mol. The molecule has 0 saturated carbocycles.